The van der Waals surface area contributed by atoms with Gasteiger partial charge in [-0.25, -0.2) is 5.48 Å². The number of rotatable bonds is 6. The van der Waals surface area contributed by atoms with Crippen LogP contribution in [-0.2, 0) is 0 Å². The number of likely N-dealkylation sites (N-methyl/N-ethyl adjacent to an activating group) is 1. The number of carbonyl (C=O) groups excluding carboxylic acids is 2. The first kappa shape index (κ1) is 19.1. The van der Waals surface area contributed by atoms with Gasteiger partial charge in [0.2, 0.25) is 0 Å². The van der Waals surface area contributed by atoms with Crippen molar-refractivity contribution in [3.05, 3.63) is 59.7 Å². The van der Waals surface area contributed by atoms with Crippen LogP contribution in [0.15, 0.2) is 48.5 Å². The molecule has 1 aliphatic heterocycles. The van der Waals surface area contributed by atoms with Crippen molar-refractivity contribution in [2.45, 2.75) is 25.8 Å². The monoisotopic (exact) mass is 367 g/mol. The van der Waals surface area contributed by atoms with Crippen molar-refractivity contribution in [1.29, 1.82) is 0 Å². The fourth-order valence-electron chi connectivity index (χ4n) is 3.57. The maximum atomic E-state index is 12.6. The van der Waals surface area contributed by atoms with Gasteiger partial charge in [-0.2, -0.15) is 0 Å². The summed E-state index contributed by atoms with van der Waals surface area (Å²) in [7, 11) is 0. The molecule has 1 unspecified atom stereocenters. The molecule has 0 spiro atoms. The number of benzene rings is 2. The summed E-state index contributed by atoms with van der Waals surface area (Å²) in [5.41, 5.74) is 4.39. The van der Waals surface area contributed by atoms with E-state index in [2.05, 4.69) is 17.1 Å². The molecule has 0 aliphatic carbocycles. The highest BCUT2D eigenvalue weighted by molar-refractivity contribution is 5.96. The minimum atomic E-state index is -0.553. The van der Waals surface area contributed by atoms with Crippen molar-refractivity contribution < 1.29 is 14.8 Å². The van der Waals surface area contributed by atoms with Crippen LogP contribution in [0, 0.1) is 0 Å². The summed E-state index contributed by atoms with van der Waals surface area (Å²) in [5.74, 6) is -0.626. The number of hydroxylamine groups is 1. The molecule has 1 heterocycles. The molecule has 2 amide bonds. The highest BCUT2D eigenvalue weighted by Crippen LogP contribution is 2.21. The van der Waals surface area contributed by atoms with Crippen LogP contribution in [-0.4, -0.2) is 47.6 Å². The van der Waals surface area contributed by atoms with Crippen LogP contribution in [0.1, 0.15) is 40.5 Å². The first-order valence-electron chi connectivity index (χ1n) is 9.29. The lowest BCUT2D eigenvalue weighted by Crippen LogP contribution is -2.40. The SMILES string of the molecule is CCN1CCCC1CNC(=O)c1cccc(-c2ccc(C(=O)NO)cc2)c1. The number of carbonyl (C=O) groups is 2. The Morgan fingerprint density at radius 3 is 2.56 bits per heavy atom. The van der Waals surface area contributed by atoms with Gasteiger partial charge < -0.3 is 5.32 Å². The molecule has 0 aromatic heterocycles. The molecular weight excluding hydrogens is 342 g/mol. The van der Waals surface area contributed by atoms with Crippen LogP contribution in [0.25, 0.3) is 11.1 Å². The fourth-order valence-corrected chi connectivity index (χ4v) is 3.57. The van der Waals surface area contributed by atoms with Gasteiger partial charge in [0.05, 0.1) is 0 Å². The van der Waals surface area contributed by atoms with E-state index in [1.54, 1.807) is 35.8 Å². The quantitative estimate of drug-likeness (QED) is 0.542. The second kappa shape index (κ2) is 8.79. The largest absolute Gasteiger partial charge is 0.350 e. The molecule has 1 atom stereocenters. The van der Waals surface area contributed by atoms with E-state index in [4.69, 9.17) is 5.21 Å². The average Bonchev–Trinajstić information content (AvgIpc) is 3.19. The Morgan fingerprint density at radius 1 is 1.07 bits per heavy atom. The van der Waals surface area contributed by atoms with Crippen molar-refractivity contribution in [3.8, 4) is 11.1 Å². The summed E-state index contributed by atoms with van der Waals surface area (Å²) in [5, 5.41) is 11.7. The van der Waals surface area contributed by atoms with Gasteiger partial charge in [-0.05, 0) is 61.3 Å². The lowest BCUT2D eigenvalue weighted by Gasteiger charge is -2.22. The molecule has 1 saturated heterocycles. The Hall–Kier alpha value is -2.70. The Balaban J connectivity index is 1.67. The van der Waals surface area contributed by atoms with Crippen LogP contribution in [0.5, 0.6) is 0 Å². The predicted octanol–water partition coefficient (Wildman–Crippen LogP) is 2.69. The molecule has 0 saturated carbocycles. The highest BCUT2D eigenvalue weighted by Gasteiger charge is 2.23. The van der Waals surface area contributed by atoms with E-state index in [-0.39, 0.29) is 5.91 Å². The lowest BCUT2D eigenvalue weighted by molar-refractivity contribution is 0.0706. The summed E-state index contributed by atoms with van der Waals surface area (Å²) in [6, 6.07) is 14.7. The van der Waals surface area contributed by atoms with E-state index in [0.29, 0.717) is 23.7 Å². The molecule has 1 aliphatic rings. The molecule has 0 bridgehead atoms. The Labute approximate surface area is 159 Å². The van der Waals surface area contributed by atoms with Gasteiger partial charge >= 0.3 is 0 Å². The third-order valence-electron chi connectivity index (χ3n) is 5.11. The van der Waals surface area contributed by atoms with Gasteiger partial charge in [0.25, 0.3) is 11.8 Å². The fraction of sp³-hybridized carbons (Fsp3) is 0.333. The average molecular weight is 367 g/mol. The first-order valence-corrected chi connectivity index (χ1v) is 9.29. The molecule has 3 N–H and O–H groups in total. The van der Waals surface area contributed by atoms with E-state index in [0.717, 1.165) is 30.6 Å². The summed E-state index contributed by atoms with van der Waals surface area (Å²) in [6.45, 7) is 4.94. The summed E-state index contributed by atoms with van der Waals surface area (Å²) < 4.78 is 0. The molecule has 3 rings (SSSR count). The van der Waals surface area contributed by atoms with Gasteiger partial charge in [-0.1, -0.05) is 31.2 Å². The topological polar surface area (TPSA) is 81.7 Å². The van der Waals surface area contributed by atoms with Gasteiger partial charge in [-0.3, -0.25) is 19.7 Å². The van der Waals surface area contributed by atoms with Gasteiger partial charge in [0.15, 0.2) is 0 Å². The van der Waals surface area contributed by atoms with Gasteiger partial charge in [0.1, 0.15) is 0 Å². The van der Waals surface area contributed by atoms with Crippen LogP contribution in [0.3, 0.4) is 0 Å². The summed E-state index contributed by atoms with van der Waals surface area (Å²) in [4.78, 5) is 26.4. The zero-order valence-electron chi connectivity index (χ0n) is 15.4. The zero-order chi connectivity index (χ0) is 19.2. The number of likely N-dealkylation sites (tertiary alicyclic amines) is 1. The number of amides is 2. The Kier molecular flexibility index (Phi) is 6.21. The lowest BCUT2D eigenvalue weighted by atomic mass is 10.0. The van der Waals surface area contributed by atoms with E-state index in [1.807, 2.05) is 18.2 Å². The van der Waals surface area contributed by atoms with Crippen LogP contribution in [0.4, 0.5) is 0 Å². The Bertz CT molecular complexity index is 805. The molecule has 27 heavy (non-hydrogen) atoms. The molecular formula is C21H25N3O3. The van der Waals surface area contributed by atoms with Crippen LogP contribution in [0.2, 0.25) is 0 Å². The van der Waals surface area contributed by atoms with Crippen molar-refractivity contribution in [2.24, 2.45) is 0 Å². The van der Waals surface area contributed by atoms with E-state index in [1.165, 1.54) is 6.42 Å². The summed E-state index contributed by atoms with van der Waals surface area (Å²) >= 11 is 0. The maximum Gasteiger partial charge on any atom is 0.274 e. The highest BCUT2D eigenvalue weighted by atomic mass is 16.5. The third kappa shape index (κ3) is 4.53. The first-order chi connectivity index (χ1) is 13.1. The van der Waals surface area contributed by atoms with Crippen molar-refractivity contribution in [1.82, 2.24) is 15.7 Å². The maximum absolute atomic E-state index is 12.6. The number of hydrogen-bond donors (Lipinski definition) is 3. The normalized spacial score (nSPS) is 16.9. The molecule has 142 valence electrons. The minimum Gasteiger partial charge on any atom is -0.350 e. The van der Waals surface area contributed by atoms with Crippen LogP contribution < -0.4 is 10.8 Å². The van der Waals surface area contributed by atoms with Crippen LogP contribution >= 0.6 is 0 Å². The molecule has 2 aromatic carbocycles. The molecule has 2 aromatic rings. The third-order valence-corrected chi connectivity index (χ3v) is 5.11. The molecule has 0 radical (unpaired) electrons. The second-order valence-electron chi connectivity index (χ2n) is 6.73. The smallest absolute Gasteiger partial charge is 0.274 e. The number of nitrogens with one attached hydrogen (secondary N) is 2. The van der Waals surface area contributed by atoms with Gasteiger partial charge in [0, 0.05) is 23.7 Å². The standard InChI is InChI=1S/C21H25N3O3/c1-2-24-12-4-7-19(24)14-22-20(25)18-6-3-5-17(13-18)15-8-10-16(11-9-15)21(26)23-27/h3,5-6,8-11,13,19,27H,2,4,7,12,14H2,1H3,(H,22,25)(H,23,26). The number of hydrogen-bond acceptors (Lipinski definition) is 4. The molecule has 1 fully saturated rings. The van der Waals surface area contributed by atoms with Crippen molar-refractivity contribution in [3.63, 3.8) is 0 Å². The van der Waals surface area contributed by atoms with Gasteiger partial charge in [-0.15, -0.1) is 0 Å². The predicted molar refractivity (Wildman–Crippen MR) is 104 cm³/mol. The van der Waals surface area contributed by atoms with E-state index < -0.39 is 5.91 Å². The number of nitrogens with zero attached hydrogens (tertiary/aromatic N) is 1. The molecule has 6 nitrogen and oxygen atoms in total. The zero-order valence-corrected chi connectivity index (χ0v) is 15.4. The Morgan fingerprint density at radius 2 is 1.85 bits per heavy atom. The van der Waals surface area contributed by atoms with Crippen molar-refractivity contribution in [2.75, 3.05) is 19.6 Å². The molecule has 6 heteroatoms. The van der Waals surface area contributed by atoms with E-state index >= 15 is 0 Å². The van der Waals surface area contributed by atoms with Crippen molar-refractivity contribution >= 4 is 11.8 Å². The minimum absolute atomic E-state index is 0.0731. The summed E-state index contributed by atoms with van der Waals surface area (Å²) in [6.07, 6.45) is 2.32. The second-order valence-corrected chi connectivity index (χ2v) is 6.73. The van der Waals surface area contributed by atoms with E-state index in [9.17, 15) is 9.59 Å².